The van der Waals surface area contributed by atoms with Gasteiger partial charge >= 0.3 is 0 Å². The van der Waals surface area contributed by atoms with Crippen LogP contribution in [0.3, 0.4) is 0 Å². The van der Waals surface area contributed by atoms with Gasteiger partial charge in [0.1, 0.15) is 0 Å². The highest BCUT2D eigenvalue weighted by Gasteiger charge is 2.22. The van der Waals surface area contributed by atoms with E-state index >= 15 is 0 Å². The summed E-state index contributed by atoms with van der Waals surface area (Å²) >= 11 is 1.44. The number of hydrogen-bond donors (Lipinski definition) is 2. The van der Waals surface area contributed by atoms with Crippen molar-refractivity contribution >= 4 is 33.1 Å². The molecule has 7 nitrogen and oxygen atoms in total. The first-order valence-electron chi connectivity index (χ1n) is 9.91. The molecule has 0 radical (unpaired) electrons. The van der Waals surface area contributed by atoms with Gasteiger partial charge in [-0.3, -0.25) is 14.5 Å². The fourth-order valence-corrected chi connectivity index (χ4v) is 4.93. The van der Waals surface area contributed by atoms with Gasteiger partial charge in [-0.15, -0.1) is 11.3 Å². The minimum Gasteiger partial charge on any atom is -0.302 e. The molecule has 2 atom stereocenters. The Bertz CT molecular complexity index is 1070. The number of nitrogens with zero attached hydrogens (tertiary/aromatic N) is 3. The van der Waals surface area contributed by atoms with E-state index in [4.69, 9.17) is 0 Å². The number of rotatable bonds is 5. The molecule has 152 valence electrons. The molecular weight excluding hydrogens is 386 g/mol. The minimum atomic E-state index is -0.254. The lowest BCUT2D eigenvalue weighted by atomic mass is 9.92. The van der Waals surface area contributed by atoms with Gasteiger partial charge in [-0.1, -0.05) is 32.0 Å². The average Bonchev–Trinajstić information content (AvgIpc) is 3.10. The summed E-state index contributed by atoms with van der Waals surface area (Å²) in [4.78, 5) is 31.4. The second kappa shape index (κ2) is 8.42. The topological polar surface area (TPSA) is 91.0 Å². The van der Waals surface area contributed by atoms with E-state index in [2.05, 4.69) is 39.2 Å². The molecule has 8 heteroatoms. The largest absolute Gasteiger partial charge is 0.302 e. The lowest BCUT2D eigenvalue weighted by Gasteiger charge is -2.34. The first-order chi connectivity index (χ1) is 14.0. The molecule has 0 spiro atoms. The number of amides is 1. The molecule has 3 aromatic rings. The predicted molar refractivity (Wildman–Crippen MR) is 115 cm³/mol. The maximum atomic E-state index is 12.5. The summed E-state index contributed by atoms with van der Waals surface area (Å²) in [5, 5.41) is 13.2. The number of nitrogens with one attached hydrogen (secondary N) is 2. The van der Waals surface area contributed by atoms with E-state index in [0.29, 0.717) is 33.4 Å². The summed E-state index contributed by atoms with van der Waals surface area (Å²) in [6, 6.07) is 7.16. The number of carbonyl (C=O) groups excluding carboxylic acids is 1. The van der Waals surface area contributed by atoms with Gasteiger partial charge in [-0.25, -0.2) is 10.1 Å². The van der Waals surface area contributed by atoms with Crippen LogP contribution in [0.4, 0.5) is 5.13 Å². The first-order valence-corrected chi connectivity index (χ1v) is 10.8. The molecule has 4 rings (SSSR count). The van der Waals surface area contributed by atoms with E-state index in [1.54, 1.807) is 12.1 Å². The Hall–Kier alpha value is -2.58. The lowest BCUT2D eigenvalue weighted by molar-refractivity contribution is -0.115. The predicted octanol–water partition coefficient (Wildman–Crippen LogP) is 3.04. The average molecular weight is 412 g/mol. The maximum absolute atomic E-state index is 12.5. The summed E-state index contributed by atoms with van der Waals surface area (Å²) < 4.78 is 0. The third-order valence-corrected chi connectivity index (χ3v) is 6.04. The van der Waals surface area contributed by atoms with E-state index in [9.17, 15) is 9.59 Å². The Labute approximate surface area is 173 Å². The third kappa shape index (κ3) is 4.71. The highest BCUT2D eigenvalue weighted by atomic mass is 32.1. The summed E-state index contributed by atoms with van der Waals surface area (Å²) in [5.41, 5.74) is 1.28. The van der Waals surface area contributed by atoms with Gasteiger partial charge in [0.25, 0.3) is 5.56 Å². The fourth-order valence-electron chi connectivity index (χ4n) is 4.21. The maximum Gasteiger partial charge on any atom is 0.272 e. The first kappa shape index (κ1) is 19.7. The van der Waals surface area contributed by atoms with Crippen molar-refractivity contribution in [3.8, 4) is 0 Å². The Kier molecular flexibility index (Phi) is 5.73. The molecule has 2 aromatic heterocycles. The number of likely N-dealkylation sites (tertiary alicyclic amines) is 1. The Morgan fingerprint density at radius 2 is 1.97 bits per heavy atom. The number of anilines is 1. The van der Waals surface area contributed by atoms with Crippen molar-refractivity contribution in [1.82, 2.24) is 20.1 Å². The van der Waals surface area contributed by atoms with Crippen LogP contribution in [0.25, 0.3) is 10.8 Å². The zero-order valence-corrected chi connectivity index (χ0v) is 17.5. The van der Waals surface area contributed by atoms with Crippen LogP contribution in [-0.4, -0.2) is 39.1 Å². The molecule has 0 saturated carbocycles. The number of benzene rings is 1. The second-order valence-electron chi connectivity index (χ2n) is 8.05. The molecular formula is C21H25N5O2S. The fraction of sp³-hybridized carbons (Fsp3) is 0.429. The highest BCUT2D eigenvalue weighted by Crippen LogP contribution is 2.24. The summed E-state index contributed by atoms with van der Waals surface area (Å²) in [5.74, 6) is 1.21. The minimum absolute atomic E-state index is 0.0767. The quantitative estimate of drug-likeness (QED) is 0.673. The van der Waals surface area contributed by atoms with Gasteiger partial charge in [0.15, 0.2) is 5.13 Å². The smallest absolute Gasteiger partial charge is 0.272 e. The van der Waals surface area contributed by atoms with E-state index < -0.39 is 0 Å². The molecule has 0 aliphatic carbocycles. The van der Waals surface area contributed by atoms with Crippen LogP contribution in [0.1, 0.15) is 31.7 Å². The standard InChI is InChI=1S/C21H25N5O2S/c1-13-7-14(2)10-26(9-13)11-15-12-29-21(22-15)23-19(27)8-18-16-5-3-4-6-17(16)20(28)25-24-18/h3-6,12-14H,7-11H2,1-2H3,(H,25,28)(H,22,23,27)/t13-,14-/m0/s1. The van der Waals surface area contributed by atoms with Crippen molar-refractivity contribution in [3.63, 3.8) is 0 Å². The van der Waals surface area contributed by atoms with Gasteiger partial charge in [0.05, 0.1) is 23.2 Å². The van der Waals surface area contributed by atoms with Gasteiger partial charge in [0.2, 0.25) is 5.91 Å². The van der Waals surface area contributed by atoms with Crippen LogP contribution >= 0.6 is 11.3 Å². The van der Waals surface area contributed by atoms with Crippen LogP contribution in [0.15, 0.2) is 34.4 Å². The number of H-pyrrole nitrogens is 1. The molecule has 1 fully saturated rings. The van der Waals surface area contributed by atoms with Gasteiger partial charge < -0.3 is 5.32 Å². The lowest BCUT2D eigenvalue weighted by Crippen LogP contribution is -2.38. The second-order valence-corrected chi connectivity index (χ2v) is 8.91. The third-order valence-electron chi connectivity index (χ3n) is 5.23. The number of fused-ring (bicyclic) bond motifs is 1. The van der Waals surface area contributed by atoms with Crippen molar-refractivity contribution in [1.29, 1.82) is 0 Å². The van der Waals surface area contributed by atoms with Crippen molar-refractivity contribution in [2.75, 3.05) is 18.4 Å². The summed E-state index contributed by atoms with van der Waals surface area (Å²) in [6.07, 6.45) is 1.36. The van der Waals surface area contributed by atoms with E-state index in [0.717, 1.165) is 25.3 Å². The van der Waals surface area contributed by atoms with Crippen molar-refractivity contribution in [2.45, 2.75) is 33.2 Å². The summed E-state index contributed by atoms with van der Waals surface area (Å²) in [7, 11) is 0. The Balaban J connectivity index is 1.40. The molecule has 1 aliphatic rings. The molecule has 1 amide bonds. The number of thiazole rings is 1. The molecule has 1 aromatic carbocycles. The number of aromatic nitrogens is 3. The number of hydrogen-bond acceptors (Lipinski definition) is 6. The van der Waals surface area contributed by atoms with Crippen LogP contribution in [0, 0.1) is 11.8 Å². The number of piperidine rings is 1. The number of carbonyl (C=O) groups is 1. The SMILES string of the molecule is C[C@H]1C[C@H](C)CN(Cc2csc(NC(=O)Cc3n[nH]c(=O)c4ccccc34)n2)C1. The Morgan fingerprint density at radius 1 is 1.24 bits per heavy atom. The molecule has 2 N–H and O–H groups in total. The van der Waals surface area contributed by atoms with Crippen molar-refractivity contribution < 1.29 is 4.79 Å². The zero-order valence-electron chi connectivity index (χ0n) is 16.6. The van der Waals surface area contributed by atoms with E-state index in [-0.39, 0.29) is 17.9 Å². The summed E-state index contributed by atoms with van der Waals surface area (Å²) in [6.45, 7) is 7.59. The Morgan fingerprint density at radius 3 is 2.72 bits per heavy atom. The zero-order chi connectivity index (χ0) is 20.4. The van der Waals surface area contributed by atoms with Crippen LogP contribution in [0.2, 0.25) is 0 Å². The highest BCUT2D eigenvalue weighted by molar-refractivity contribution is 7.13. The number of aromatic amines is 1. The molecule has 29 heavy (non-hydrogen) atoms. The molecule has 0 bridgehead atoms. The van der Waals surface area contributed by atoms with Crippen LogP contribution in [0.5, 0.6) is 0 Å². The van der Waals surface area contributed by atoms with E-state index in [1.165, 1.54) is 17.8 Å². The molecule has 3 heterocycles. The van der Waals surface area contributed by atoms with Crippen LogP contribution in [-0.2, 0) is 17.8 Å². The molecule has 0 unspecified atom stereocenters. The molecule has 1 aliphatic heterocycles. The van der Waals surface area contributed by atoms with Crippen LogP contribution < -0.4 is 10.9 Å². The van der Waals surface area contributed by atoms with Gasteiger partial charge in [0, 0.05) is 30.4 Å². The van der Waals surface area contributed by atoms with Gasteiger partial charge in [-0.2, -0.15) is 5.10 Å². The van der Waals surface area contributed by atoms with Crippen molar-refractivity contribution in [3.05, 3.63) is 51.4 Å². The normalized spacial score (nSPS) is 20.1. The molecule has 1 saturated heterocycles. The monoisotopic (exact) mass is 411 g/mol. The van der Waals surface area contributed by atoms with Gasteiger partial charge in [-0.05, 0) is 24.3 Å². The van der Waals surface area contributed by atoms with Crippen molar-refractivity contribution in [2.24, 2.45) is 11.8 Å². The van der Waals surface area contributed by atoms with E-state index in [1.807, 2.05) is 17.5 Å².